The van der Waals surface area contributed by atoms with E-state index < -0.39 is 6.04 Å². The van der Waals surface area contributed by atoms with Crippen molar-refractivity contribution in [1.29, 1.82) is 0 Å². The highest BCUT2D eigenvalue weighted by molar-refractivity contribution is 7.18. The summed E-state index contributed by atoms with van der Waals surface area (Å²) >= 11 is 1.68. The summed E-state index contributed by atoms with van der Waals surface area (Å²) in [6, 6.07) is 18.9. The van der Waals surface area contributed by atoms with Gasteiger partial charge < -0.3 is 15.2 Å². The van der Waals surface area contributed by atoms with E-state index >= 15 is 0 Å². The molecule has 1 atom stereocenters. The van der Waals surface area contributed by atoms with Gasteiger partial charge >= 0.3 is 0 Å². The fourth-order valence-electron chi connectivity index (χ4n) is 2.98. The van der Waals surface area contributed by atoms with Gasteiger partial charge in [0.05, 0.1) is 15.2 Å². The van der Waals surface area contributed by atoms with Gasteiger partial charge in [0.2, 0.25) is 5.91 Å². The molecule has 28 heavy (non-hydrogen) atoms. The lowest BCUT2D eigenvalue weighted by atomic mass is 10.1. The van der Waals surface area contributed by atoms with Crippen molar-refractivity contribution in [2.24, 2.45) is 0 Å². The molecule has 1 amide bonds. The predicted molar refractivity (Wildman–Crippen MR) is 110 cm³/mol. The second-order valence-electron chi connectivity index (χ2n) is 6.44. The molecule has 142 valence electrons. The number of hydrogen-bond donors (Lipinski definition) is 2. The minimum absolute atomic E-state index is 0.177. The maximum Gasteiger partial charge on any atom is 0.247 e. The fourth-order valence-corrected chi connectivity index (χ4v) is 3.95. The van der Waals surface area contributed by atoms with Crippen molar-refractivity contribution in [3.8, 4) is 0 Å². The Morgan fingerprint density at radius 1 is 1.14 bits per heavy atom. The largest absolute Gasteiger partial charge is 0.360 e. The molecule has 0 aliphatic carbocycles. The van der Waals surface area contributed by atoms with Gasteiger partial charge in [0.1, 0.15) is 11.8 Å². The average molecular weight is 392 g/mol. The topological polar surface area (TPSA) is 80.0 Å². The fraction of sp³-hybridized carbons (Fsp3) is 0.190. The summed E-state index contributed by atoms with van der Waals surface area (Å²) in [6.07, 6.45) is 0.749. The third-order valence-electron chi connectivity index (χ3n) is 4.30. The van der Waals surface area contributed by atoms with Crippen LogP contribution in [0.15, 0.2) is 65.2 Å². The number of aromatic nitrogens is 2. The van der Waals surface area contributed by atoms with Crippen LogP contribution in [0.3, 0.4) is 0 Å². The highest BCUT2D eigenvalue weighted by atomic mass is 32.1. The Bertz CT molecular complexity index is 1040. The van der Waals surface area contributed by atoms with E-state index in [9.17, 15) is 4.79 Å². The first kappa shape index (κ1) is 18.3. The number of thiazole rings is 1. The molecule has 2 heterocycles. The number of rotatable bonds is 7. The van der Waals surface area contributed by atoms with Crippen molar-refractivity contribution < 1.29 is 9.32 Å². The Balaban J connectivity index is 1.45. The summed E-state index contributed by atoms with van der Waals surface area (Å²) in [5.41, 5.74) is 1.91. The average Bonchev–Trinajstić information content (AvgIpc) is 3.31. The molecule has 0 aliphatic heterocycles. The summed E-state index contributed by atoms with van der Waals surface area (Å²) in [5.74, 6) is 0.885. The van der Waals surface area contributed by atoms with Crippen molar-refractivity contribution in [2.45, 2.75) is 19.4 Å². The van der Waals surface area contributed by atoms with Crippen molar-refractivity contribution in [3.05, 3.63) is 77.0 Å². The van der Waals surface area contributed by atoms with E-state index in [-0.39, 0.29) is 5.91 Å². The second kappa shape index (κ2) is 8.33. The van der Waals surface area contributed by atoms with Crippen LogP contribution in [0.5, 0.6) is 0 Å². The molecule has 2 aromatic heterocycles. The molecule has 2 aromatic carbocycles. The lowest BCUT2D eigenvalue weighted by Gasteiger charge is -2.17. The summed E-state index contributed by atoms with van der Waals surface area (Å²) < 4.78 is 6.20. The molecule has 1 unspecified atom stereocenters. The molecule has 0 spiro atoms. The number of carbonyl (C=O) groups is 1. The normalized spacial score (nSPS) is 12.2. The van der Waals surface area contributed by atoms with Crippen LogP contribution >= 0.6 is 11.3 Å². The van der Waals surface area contributed by atoms with Crippen LogP contribution in [0.2, 0.25) is 0 Å². The van der Waals surface area contributed by atoms with E-state index in [4.69, 9.17) is 4.52 Å². The van der Waals surface area contributed by atoms with E-state index in [0.717, 1.165) is 22.5 Å². The van der Waals surface area contributed by atoms with E-state index in [0.29, 0.717) is 18.1 Å². The number of amides is 1. The van der Waals surface area contributed by atoms with E-state index in [1.54, 1.807) is 24.3 Å². The zero-order chi connectivity index (χ0) is 19.3. The van der Waals surface area contributed by atoms with Crippen molar-refractivity contribution >= 4 is 33.3 Å². The number of anilines is 1. The van der Waals surface area contributed by atoms with Crippen molar-refractivity contribution in [3.63, 3.8) is 0 Å². The summed E-state index contributed by atoms with van der Waals surface area (Å²) in [4.78, 5) is 17.5. The van der Waals surface area contributed by atoms with Gasteiger partial charge in [0.25, 0.3) is 0 Å². The van der Waals surface area contributed by atoms with Gasteiger partial charge in [-0.25, -0.2) is 4.98 Å². The molecule has 0 aliphatic rings. The standard InChI is InChI=1S/C21H20N4O2S/c1-14-13-18(25-27-14)24-21(26)20(15-7-3-2-4-8-15)22-12-11-19-23-16-9-5-6-10-17(16)28-19/h2-10,13,20,22H,11-12H2,1H3,(H,24,25,26). The number of carbonyl (C=O) groups excluding carboxylic acids is 1. The van der Waals surface area contributed by atoms with Crippen molar-refractivity contribution in [1.82, 2.24) is 15.5 Å². The summed E-state index contributed by atoms with van der Waals surface area (Å²) in [5, 5.41) is 11.1. The zero-order valence-electron chi connectivity index (χ0n) is 15.4. The monoisotopic (exact) mass is 392 g/mol. The highest BCUT2D eigenvalue weighted by Crippen LogP contribution is 2.22. The van der Waals surface area contributed by atoms with Crippen LogP contribution in [0.1, 0.15) is 22.4 Å². The summed E-state index contributed by atoms with van der Waals surface area (Å²) in [6.45, 7) is 2.41. The highest BCUT2D eigenvalue weighted by Gasteiger charge is 2.21. The number of benzene rings is 2. The number of fused-ring (bicyclic) bond motifs is 1. The second-order valence-corrected chi connectivity index (χ2v) is 7.55. The first-order valence-corrected chi connectivity index (χ1v) is 9.87. The molecule has 7 heteroatoms. The van der Waals surface area contributed by atoms with Crippen LogP contribution in [-0.4, -0.2) is 22.6 Å². The maximum absolute atomic E-state index is 12.8. The number of hydrogen-bond acceptors (Lipinski definition) is 6. The Labute approximate surface area is 166 Å². The van der Waals surface area contributed by atoms with Crippen molar-refractivity contribution in [2.75, 3.05) is 11.9 Å². The van der Waals surface area contributed by atoms with Crippen LogP contribution < -0.4 is 10.6 Å². The molecular weight excluding hydrogens is 372 g/mol. The van der Waals surface area contributed by atoms with Crippen LogP contribution in [-0.2, 0) is 11.2 Å². The molecule has 0 radical (unpaired) electrons. The number of nitrogens with zero attached hydrogens (tertiary/aromatic N) is 2. The van der Waals surface area contributed by atoms with E-state index in [2.05, 4.69) is 26.8 Å². The van der Waals surface area contributed by atoms with Gasteiger partial charge in [0, 0.05) is 19.0 Å². The lowest BCUT2D eigenvalue weighted by molar-refractivity contribution is -0.118. The molecule has 0 bridgehead atoms. The van der Waals surface area contributed by atoms with Gasteiger partial charge in [-0.2, -0.15) is 0 Å². The quantitative estimate of drug-likeness (QED) is 0.495. The molecule has 2 N–H and O–H groups in total. The number of aryl methyl sites for hydroxylation is 1. The minimum Gasteiger partial charge on any atom is -0.360 e. The Hall–Kier alpha value is -3.03. The Morgan fingerprint density at radius 2 is 1.93 bits per heavy atom. The Morgan fingerprint density at radius 3 is 2.68 bits per heavy atom. The van der Waals surface area contributed by atoms with Crippen LogP contribution in [0, 0.1) is 6.92 Å². The third kappa shape index (κ3) is 4.27. The van der Waals surface area contributed by atoms with Crippen LogP contribution in [0.4, 0.5) is 5.82 Å². The van der Waals surface area contributed by atoms with Gasteiger partial charge in [0.15, 0.2) is 5.82 Å². The van der Waals surface area contributed by atoms with E-state index in [1.165, 1.54) is 4.70 Å². The van der Waals surface area contributed by atoms with Gasteiger partial charge in [-0.05, 0) is 24.6 Å². The van der Waals surface area contributed by atoms with E-state index in [1.807, 2.05) is 48.5 Å². The van der Waals surface area contributed by atoms with Crippen LogP contribution in [0.25, 0.3) is 10.2 Å². The smallest absolute Gasteiger partial charge is 0.247 e. The molecule has 0 saturated carbocycles. The predicted octanol–water partition coefficient (Wildman–Crippen LogP) is 4.10. The molecule has 0 fully saturated rings. The minimum atomic E-state index is -0.493. The van der Waals surface area contributed by atoms with Gasteiger partial charge in [-0.15, -0.1) is 11.3 Å². The maximum atomic E-state index is 12.8. The molecule has 4 rings (SSSR count). The lowest BCUT2D eigenvalue weighted by Crippen LogP contribution is -2.34. The number of nitrogens with one attached hydrogen (secondary N) is 2. The summed E-state index contributed by atoms with van der Waals surface area (Å²) in [7, 11) is 0. The third-order valence-corrected chi connectivity index (χ3v) is 5.40. The molecule has 6 nitrogen and oxygen atoms in total. The number of para-hydroxylation sites is 1. The molecule has 0 saturated heterocycles. The first-order chi connectivity index (χ1) is 13.7. The zero-order valence-corrected chi connectivity index (χ0v) is 16.2. The SMILES string of the molecule is Cc1cc(NC(=O)C(NCCc2nc3ccccc3s2)c2ccccc2)no1. The van der Waals surface area contributed by atoms with Gasteiger partial charge in [-0.1, -0.05) is 47.6 Å². The Kier molecular flexibility index (Phi) is 5.45. The molecule has 4 aromatic rings. The first-order valence-electron chi connectivity index (χ1n) is 9.06. The molecular formula is C21H20N4O2S. The van der Waals surface area contributed by atoms with Gasteiger partial charge in [-0.3, -0.25) is 4.79 Å².